The number of piperazine rings is 1. The molecule has 148 valence electrons. The van der Waals surface area contributed by atoms with Crippen LogP contribution in [0.3, 0.4) is 0 Å². The highest BCUT2D eigenvalue weighted by Crippen LogP contribution is 2.32. The van der Waals surface area contributed by atoms with Crippen molar-refractivity contribution in [1.29, 1.82) is 0 Å². The minimum atomic E-state index is 0.196. The lowest BCUT2D eigenvalue weighted by Gasteiger charge is -2.37. The van der Waals surface area contributed by atoms with Gasteiger partial charge in [-0.15, -0.1) is 0 Å². The second-order valence-electron chi connectivity index (χ2n) is 8.30. The summed E-state index contributed by atoms with van der Waals surface area (Å²) in [5.74, 6) is 2.06. The van der Waals surface area contributed by atoms with E-state index in [0.29, 0.717) is 24.1 Å². The van der Waals surface area contributed by atoms with Crippen molar-refractivity contribution in [3.63, 3.8) is 0 Å². The Morgan fingerprint density at radius 1 is 1.11 bits per heavy atom. The SMILES string of the molecule is O=C1CC(CN2CCN(c3ccc4ncnc(OCC5CC5)c4c3)CC2)CN1. The lowest BCUT2D eigenvalue weighted by molar-refractivity contribution is -0.119. The number of rotatable bonds is 6. The monoisotopic (exact) mass is 381 g/mol. The molecule has 7 nitrogen and oxygen atoms in total. The highest BCUT2D eigenvalue weighted by atomic mass is 16.5. The number of amides is 1. The molecule has 1 unspecified atom stereocenters. The minimum absolute atomic E-state index is 0.196. The summed E-state index contributed by atoms with van der Waals surface area (Å²) in [4.78, 5) is 25.1. The van der Waals surface area contributed by atoms with E-state index in [1.165, 1.54) is 18.5 Å². The van der Waals surface area contributed by atoms with Gasteiger partial charge in [0.15, 0.2) is 0 Å². The van der Waals surface area contributed by atoms with Gasteiger partial charge in [-0.1, -0.05) is 0 Å². The van der Waals surface area contributed by atoms with E-state index in [-0.39, 0.29) is 5.91 Å². The molecule has 7 heteroatoms. The summed E-state index contributed by atoms with van der Waals surface area (Å²) in [6.07, 6.45) is 4.80. The molecule has 2 aliphatic heterocycles. The zero-order valence-electron chi connectivity index (χ0n) is 16.1. The van der Waals surface area contributed by atoms with E-state index in [0.717, 1.165) is 56.8 Å². The van der Waals surface area contributed by atoms with Crippen LogP contribution in [-0.2, 0) is 4.79 Å². The number of anilines is 1. The molecule has 0 spiro atoms. The lowest BCUT2D eigenvalue weighted by Crippen LogP contribution is -2.48. The van der Waals surface area contributed by atoms with Gasteiger partial charge in [-0.05, 0) is 42.9 Å². The van der Waals surface area contributed by atoms with Crippen molar-refractivity contribution < 1.29 is 9.53 Å². The number of carbonyl (C=O) groups is 1. The summed E-state index contributed by atoms with van der Waals surface area (Å²) in [6, 6.07) is 6.39. The fraction of sp³-hybridized carbons (Fsp3) is 0.571. The topological polar surface area (TPSA) is 70.6 Å². The summed E-state index contributed by atoms with van der Waals surface area (Å²) >= 11 is 0. The second kappa shape index (κ2) is 7.54. The molecule has 1 atom stereocenters. The van der Waals surface area contributed by atoms with Crippen LogP contribution in [0.2, 0.25) is 0 Å². The van der Waals surface area contributed by atoms with Gasteiger partial charge in [0.2, 0.25) is 11.8 Å². The molecule has 1 aliphatic carbocycles. The lowest BCUT2D eigenvalue weighted by atomic mass is 10.1. The number of benzene rings is 1. The Balaban J connectivity index is 1.24. The highest BCUT2D eigenvalue weighted by Gasteiger charge is 2.26. The number of hydrogen-bond donors (Lipinski definition) is 1. The van der Waals surface area contributed by atoms with Crippen molar-refractivity contribution >= 4 is 22.5 Å². The summed E-state index contributed by atoms with van der Waals surface area (Å²) in [6.45, 7) is 6.63. The molecule has 1 aromatic carbocycles. The quantitative estimate of drug-likeness (QED) is 0.821. The van der Waals surface area contributed by atoms with Crippen molar-refractivity contribution in [3.05, 3.63) is 24.5 Å². The van der Waals surface area contributed by atoms with Crippen LogP contribution >= 0.6 is 0 Å². The van der Waals surface area contributed by atoms with E-state index in [1.54, 1.807) is 6.33 Å². The number of hydrogen-bond acceptors (Lipinski definition) is 6. The third-order valence-corrected chi connectivity index (χ3v) is 6.05. The van der Waals surface area contributed by atoms with Gasteiger partial charge in [0.1, 0.15) is 6.33 Å². The predicted molar refractivity (Wildman–Crippen MR) is 108 cm³/mol. The first-order chi connectivity index (χ1) is 13.7. The molecule has 0 radical (unpaired) electrons. The number of nitrogens with zero attached hydrogens (tertiary/aromatic N) is 4. The largest absolute Gasteiger partial charge is 0.477 e. The molecule has 1 amide bonds. The Kier molecular flexibility index (Phi) is 4.76. The van der Waals surface area contributed by atoms with Gasteiger partial charge in [0.05, 0.1) is 17.5 Å². The summed E-state index contributed by atoms with van der Waals surface area (Å²) in [7, 11) is 0. The van der Waals surface area contributed by atoms with Crippen LogP contribution in [0.5, 0.6) is 5.88 Å². The van der Waals surface area contributed by atoms with Gasteiger partial charge < -0.3 is 15.0 Å². The molecule has 28 heavy (non-hydrogen) atoms. The highest BCUT2D eigenvalue weighted by molar-refractivity contribution is 5.86. The molecular formula is C21H27N5O2. The van der Waals surface area contributed by atoms with E-state index in [4.69, 9.17) is 4.74 Å². The van der Waals surface area contributed by atoms with Gasteiger partial charge in [-0.2, -0.15) is 0 Å². The Morgan fingerprint density at radius 3 is 2.71 bits per heavy atom. The zero-order valence-corrected chi connectivity index (χ0v) is 16.1. The van der Waals surface area contributed by atoms with Crippen molar-refractivity contribution in [2.75, 3.05) is 50.8 Å². The molecule has 1 aromatic heterocycles. The van der Waals surface area contributed by atoms with Crippen LogP contribution in [0.4, 0.5) is 5.69 Å². The van der Waals surface area contributed by atoms with Crippen molar-refractivity contribution in [1.82, 2.24) is 20.2 Å². The maximum Gasteiger partial charge on any atom is 0.224 e. The maximum absolute atomic E-state index is 11.4. The number of ether oxygens (including phenoxy) is 1. The number of fused-ring (bicyclic) bond motifs is 1. The smallest absolute Gasteiger partial charge is 0.224 e. The van der Waals surface area contributed by atoms with E-state index in [2.05, 4.69) is 43.3 Å². The average molecular weight is 381 g/mol. The number of carbonyl (C=O) groups excluding carboxylic acids is 1. The fourth-order valence-electron chi connectivity index (χ4n) is 4.16. The van der Waals surface area contributed by atoms with Gasteiger partial charge in [0.25, 0.3) is 0 Å². The molecular weight excluding hydrogens is 354 g/mol. The second-order valence-corrected chi connectivity index (χ2v) is 8.30. The molecule has 5 rings (SSSR count). The van der Waals surface area contributed by atoms with Crippen molar-refractivity contribution in [2.24, 2.45) is 11.8 Å². The zero-order chi connectivity index (χ0) is 18.9. The molecule has 1 saturated carbocycles. The van der Waals surface area contributed by atoms with Crippen molar-refractivity contribution in [3.8, 4) is 5.88 Å². The number of aromatic nitrogens is 2. The van der Waals surface area contributed by atoms with Crippen LogP contribution in [0.25, 0.3) is 10.9 Å². The molecule has 3 aliphatic rings. The molecule has 3 fully saturated rings. The summed E-state index contributed by atoms with van der Waals surface area (Å²) in [5.41, 5.74) is 2.14. The number of nitrogens with one attached hydrogen (secondary N) is 1. The summed E-state index contributed by atoms with van der Waals surface area (Å²) < 4.78 is 5.97. The third kappa shape index (κ3) is 3.90. The van der Waals surface area contributed by atoms with Gasteiger partial charge in [0, 0.05) is 51.4 Å². The molecule has 3 heterocycles. The van der Waals surface area contributed by atoms with E-state index < -0.39 is 0 Å². The Hall–Kier alpha value is -2.41. The van der Waals surface area contributed by atoms with Gasteiger partial charge in [-0.3, -0.25) is 9.69 Å². The Morgan fingerprint density at radius 2 is 1.96 bits per heavy atom. The van der Waals surface area contributed by atoms with Crippen LogP contribution in [0.1, 0.15) is 19.3 Å². The van der Waals surface area contributed by atoms with Crippen LogP contribution in [0.15, 0.2) is 24.5 Å². The third-order valence-electron chi connectivity index (χ3n) is 6.05. The van der Waals surface area contributed by atoms with Crippen LogP contribution < -0.4 is 15.0 Å². The predicted octanol–water partition coefficient (Wildman–Crippen LogP) is 1.68. The fourth-order valence-corrected chi connectivity index (χ4v) is 4.16. The van der Waals surface area contributed by atoms with Crippen molar-refractivity contribution in [2.45, 2.75) is 19.3 Å². The standard InChI is InChI=1S/C21H27N5O2/c27-20-9-16(11-22-20)12-25-5-7-26(8-6-25)17-3-4-19-18(10-17)21(24-14-23-19)28-13-15-1-2-15/h3-4,10,14-16H,1-2,5-9,11-13H2,(H,22,27). The minimum Gasteiger partial charge on any atom is -0.477 e. The first kappa shape index (κ1) is 17.7. The Labute approximate surface area is 165 Å². The molecule has 0 bridgehead atoms. The normalized spacial score (nSPS) is 23.2. The van der Waals surface area contributed by atoms with E-state index in [1.807, 2.05) is 0 Å². The van der Waals surface area contributed by atoms with Crippen LogP contribution in [0, 0.1) is 11.8 Å². The molecule has 2 aromatic rings. The van der Waals surface area contributed by atoms with Gasteiger partial charge >= 0.3 is 0 Å². The first-order valence-electron chi connectivity index (χ1n) is 10.4. The maximum atomic E-state index is 11.4. The van der Waals surface area contributed by atoms with E-state index in [9.17, 15) is 4.79 Å². The average Bonchev–Trinajstić information content (AvgIpc) is 3.47. The first-order valence-corrected chi connectivity index (χ1v) is 10.4. The molecule has 2 saturated heterocycles. The molecule has 1 N–H and O–H groups in total. The van der Waals surface area contributed by atoms with E-state index >= 15 is 0 Å². The Bertz CT molecular complexity index is 861. The van der Waals surface area contributed by atoms with Crippen LogP contribution in [-0.4, -0.2) is 66.7 Å². The summed E-state index contributed by atoms with van der Waals surface area (Å²) in [5, 5.41) is 3.94. The van der Waals surface area contributed by atoms with Gasteiger partial charge in [-0.25, -0.2) is 9.97 Å².